The standard InChI is InChI=1S/C16H24N2O4/c1-10(2)7-11(3)17-18-16(19)12-8-13(20-4)15(22-6)14(9-12)21-5/h8-10H,7H2,1-6H3,(H,18,19)/b17-11+. The van der Waals surface area contributed by atoms with E-state index in [0.717, 1.165) is 12.1 Å². The van der Waals surface area contributed by atoms with E-state index < -0.39 is 0 Å². The second kappa shape index (κ2) is 8.26. The molecule has 122 valence electrons. The van der Waals surface area contributed by atoms with Crippen molar-refractivity contribution in [1.29, 1.82) is 0 Å². The highest BCUT2D eigenvalue weighted by Gasteiger charge is 2.16. The lowest BCUT2D eigenvalue weighted by molar-refractivity contribution is 0.0954. The average molecular weight is 308 g/mol. The molecular weight excluding hydrogens is 284 g/mol. The Kier molecular flexibility index (Phi) is 6.69. The Labute approximate surface area is 131 Å². The van der Waals surface area contributed by atoms with Crippen LogP contribution in [0.4, 0.5) is 0 Å². The number of hydrazone groups is 1. The lowest BCUT2D eigenvalue weighted by Gasteiger charge is -2.13. The number of nitrogens with zero attached hydrogens (tertiary/aromatic N) is 1. The van der Waals surface area contributed by atoms with Crippen molar-refractivity contribution in [3.05, 3.63) is 17.7 Å². The van der Waals surface area contributed by atoms with Gasteiger partial charge in [0.2, 0.25) is 5.75 Å². The Morgan fingerprint density at radius 2 is 1.68 bits per heavy atom. The second-order valence-corrected chi connectivity index (χ2v) is 5.30. The van der Waals surface area contributed by atoms with Gasteiger partial charge in [-0.25, -0.2) is 5.43 Å². The van der Waals surface area contributed by atoms with Gasteiger partial charge in [0.05, 0.1) is 21.3 Å². The Balaban J connectivity index is 2.99. The molecule has 1 aromatic carbocycles. The van der Waals surface area contributed by atoms with Gasteiger partial charge in [0, 0.05) is 11.3 Å². The first-order valence-electron chi connectivity index (χ1n) is 7.06. The molecule has 0 aliphatic rings. The maximum atomic E-state index is 12.2. The number of nitrogens with one attached hydrogen (secondary N) is 1. The number of benzene rings is 1. The third kappa shape index (κ3) is 4.65. The van der Waals surface area contributed by atoms with Crippen molar-refractivity contribution in [1.82, 2.24) is 5.43 Å². The summed E-state index contributed by atoms with van der Waals surface area (Å²) in [6.07, 6.45) is 0.829. The molecular formula is C16H24N2O4. The molecule has 1 rings (SSSR count). The molecule has 6 nitrogen and oxygen atoms in total. The number of amides is 1. The summed E-state index contributed by atoms with van der Waals surface area (Å²) in [5.41, 5.74) is 3.80. The number of hydrogen-bond donors (Lipinski definition) is 1. The molecule has 1 aromatic rings. The zero-order valence-corrected chi connectivity index (χ0v) is 14.0. The Hall–Kier alpha value is -2.24. The molecule has 0 radical (unpaired) electrons. The zero-order chi connectivity index (χ0) is 16.7. The molecule has 0 aliphatic carbocycles. The summed E-state index contributed by atoms with van der Waals surface area (Å²) in [5.74, 6) is 1.45. The molecule has 0 aromatic heterocycles. The summed E-state index contributed by atoms with van der Waals surface area (Å²) >= 11 is 0. The second-order valence-electron chi connectivity index (χ2n) is 5.30. The Morgan fingerprint density at radius 3 is 2.09 bits per heavy atom. The Morgan fingerprint density at radius 1 is 1.14 bits per heavy atom. The van der Waals surface area contributed by atoms with Gasteiger partial charge in [-0.2, -0.15) is 5.10 Å². The summed E-state index contributed by atoms with van der Waals surface area (Å²) in [6.45, 7) is 6.08. The third-order valence-electron chi connectivity index (χ3n) is 2.98. The van der Waals surface area contributed by atoms with E-state index in [0.29, 0.717) is 28.7 Å². The quantitative estimate of drug-likeness (QED) is 0.621. The van der Waals surface area contributed by atoms with Crippen LogP contribution < -0.4 is 19.6 Å². The van der Waals surface area contributed by atoms with E-state index in [1.807, 2.05) is 6.92 Å². The molecule has 0 fully saturated rings. The molecule has 22 heavy (non-hydrogen) atoms. The van der Waals surface area contributed by atoms with Crippen LogP contribution in [0.25, 0.3) is 0 Å². The van der Waals surface area contributed by atoms with Crippen molar-refractivity contribution in [2.75, 3.05) is 21.3 Å². The molecule has 1 amide bonds. The van der Waals surface area contributed by atoms with Crippen molar-refractivity contribution in [2.24, 2.45) is 11.0 Å². The Bertz CT molecular complexity index is 528. The van der Waals surface area contributed by atoms with Crippen LogP contribution in [-0.2, 0) is 0 Å². The molecule has 0 heterocycles. The fraction of sp³-hybridized carbons (Fsp3) is 0.500. The first kappa shape index (κ1) is 17.8. The molecule has 0 saturated heterocycles. The van der Waals surface area contributed by atoms with Gasteiger partial charge < -0.3 is 14.2 Å². The maximum Gasteiger partial charge on any atom is 0.271 e. The molecule has 0 aliphatic heterocycles. The largest absolute Gasteiger partial charge is 0.493 e. The number of hydrogen-bond acceptors (Lipinski definition) is 5. The third-order valence-corrected chi connectivity index (χ3v) is 2.98. The number of rotatable bonds is 7. The van der Waals surface area contributed by atoms with E-state index in [9.17, 15) is 4.79 Å². The minimum absolute atomic E-state index is 0.331. The van der Waals surface area contributed by atoms with Gasteiger partial charge in [-0.1, -0.05) is 13.8 Å². The lowest BCUT2D eigenvalue weighted by Crippen LogP contribution is -2.19. The van der Waals surface area contributed by atoms with E-state index in [1.165, 1.54) is 21.3 Å². The maximum absolute atomic E-state index is 12.2. The molecule has 0 atom stereocenters. The van der Waals surface area contributed by atoms with Crippen LogP contribution in [0.1, 0.15) is 37.6 Å². The number of methoxy groups -OCH3 is 3. The van der Waals surface area contributed by atoms with Gasteiger partial charge in [-0.3, -0.25) is 4.79 Å². The summed E-state index contributed by atoms with van der Waals surface area (Å²) in [5, 5.41) is 4.10. The highest BCUT2D eigenvalue weighted by atomic mass is 16.5. The summed E-state index contributed by atoms with van der Waals surface area (Å²) in [4.78, 5) is 12.2. The van der Waals surface area contributed by atoms with Crippen LogP contribution >= 0.6 is 0 Å². The van der Waals surface area contributed by atoms with E-state index in [-0.39, 0.29) is 5.91 Å². The van der Waals surface area contributed by atoms with Gasteiger partial charge in [-0.05, 0) is 31.4 Å². The SMILES string of the molecule is COc1cc(C(=O)N/N=C(\C)CC(C)C)cc(OC)c1OC. The van der Waals surface area contributed by atoms with E-state index in [4.69, 9.17) is 14.2 Å². The van der Waals surface area contributed by atoms with Crippen molar-refractivity contribution >= 4 is 11.6 Å². The molecule has 6 heteroatoms. The first-order valence-corrected chi connectivity index (χ1v) is 7.06. The monoisotopic (exact) mass is 308 g/mol. The first-order chi connectivity index (χ1) is 10.4. The van der Waals surface area contributed by atoms with Gasteiger partial charge in [0.15, 0.2) is 11.5 Å². The van der Waals surface area contributed by atoms with E-state index >= 15 is 0 Å². The summed E-state index contributed by atoms with van der Waals surface area (Å²) < 4.78 is 15.7. The van der Waals surface area contributed by atoms with Crippen LogP contribution in [-0.4, -0.2) is 32.9 Å². The fourth-order valence-electron chi connectivity index (χ4n) is 2.06. The topological polar surface area (TPSA) is 69.2 Å². The van der Waals surface area contributed by atoms with Crippen molar-refractivity contribution < 1.29 is 19.0 Å². The molecule has 0 unspecified atom stereocenters. The summed E-state index contributed by atoms with van der Waals surface area (Å²) in [6, 6.07) is 3.17. The average Bonchev–Trinajstić information content (AvgIpc) is 2.50. The zero-order valence-electron chi connectivity index (χ0n) is 14.0. The van der Waals surface area contributed by atoms with Crippen LogP contribution in [0.15, 0.2) is 17.2 Å². The van der Waals surface area contributed by atoms with Crippen LogP contribution in [0, 0.1) is 5.92 Å². The molecule has 1 N–H and O–H groups in total. The van der Waals surface area contributed by atoms with Gasteiger partial charge in [0.1, 0.15) is 0 Å². The predicted molar refractivity (Wildman–Crippen MR) is 86.1 cm³/mol. The minimum atomic E-state index is -0.331. The number of carbonyl (C=O) groups excluding carboxylic acids is 1. The smallest absolute Gasteiger partial charge is 0.271 e. The van der Waals surface area contributed by atoms with E-state index in [1.54, 1.807) is 12.1 Å². The highest BCUT2D eigenvalue weighted by Crippen LogP contribution is 2.38. The summed E-state index contributed by atoms with van der Waals surface area (Å²) in [7, 11) is 4.52. The molecule has 0 saturated carbocycles. The van der Waals surface area contributed by atoms with Crippen molar-refractivity contribution in [2.45, 2.75) is 27.2 Å². The van der Waals surface area contributed by atoms with Crippen LogP contribution in [0.3, 0.4) is 0 Å². The van der Waals surface area contributed by atoms with E-state index in [2.05, 4.69) is 24.4 Å². The highest BCUT2D eigenvalue weighted by molar-refractivity contribution is 5.96. The van der Waals surface area contributed by atoms with Crippen molar-refractivity contribution in [3.63, 3.8) is 0 Å². The van der Waals surface area contributed by atoms with Crippen LogP contribution in [0.2, 0.25) is 0 Å². The predicted octanol–water partition coefficient (Wildman–Crippen LogP) is 2.86. The van der Waals surface area contributed by atoms with Gasteiger partial charge >= 0.3 is 0 Å². The minimum Gasteiger partial charge on any atom is -0.493 e. The van der Waals surface area contributed by atoms with Crippen molar-refractivity contribution in [3.8, 4) is 17.2 Å². The lowest BCUT2D eigenvalue weighted by atomic mass is 10.1. The molecule has 0 bridgehead atoms. The van der Waals surface area contributed by atoms with Crippen LogP contribution in [0.5, 0.6) is 17.2 Å². The van der Waals surface area contributed by atoms with Gasteiger partial charge in [-0.15, -0.1) is 0 Å². The number of ether oxygens (including phenoxy) is 3. The number of carbonyl (C=O) groups is 1. The van der Waals surface area contributed by atoms with Gasteiger partial charge in [0.25, 0.3) is 5.91 Å². The normalized spacial score (nSPS) is 11.3. The fourth-order valence-corrected chi connectivity index (χ4v) is 2.06. The molecule has 0 spiro atoms.